The van der Waals surface area contributed by atoms with E-state index in [1.165, 1.54) is 4.68 Å². The molecule has 0 aliphatic carbocycles. The number of amides is 2. The zero-order valence-electron chi connectivity index (χ0n) is 16.1. The highest BCUT2D eigenvalue weighted by atomic mass is 16.5. The van der Waals surface area contributed by atoms with E-state index >= 15 is 0 Å². The van der Waals surface area contributed by atoms with Crippen LogP contribution in [0.25, 0.3) is 11.3 Å². The molecule has 1 aliphatic heterocycles. The van der Waals surface area contributed by atoms with Crippen LogP contribution in [0.2, 0.25) is 0 Å². The lowest BCUT2D eigenvalue weighted by molar-refractivity contribution is -0.124. The number of nitrogens with one attached hydrogen (secondary N) is 2. The topological polar surface area (TPSA) is 98.1 Å². The number of nitrogens with zero attached hydrogens (tertiary/aromatic N) is 3. The minimum Gasteiger partial charge on any atom is -0.376 e. The van der Waals surface area contributed by atoms with E-state index in [0.717, 1.165) is 16.8 Å². The van der Waals surface area contributed by atoms with Crippen molar-refractivity contribution in [3.05, 3.63) is 35.8 Å². The number of carbonyl (C=O) groups is 2. The number of rotatable bonds is 3. The standard InChI is InChI=1S/C19H25N5O3/c1-19(2,3)16(17(25)20-4)22-18(26)24-14-7-9-27-11-13(14)15(23-24)12-6-5-8-21-10-12/h5-6,8,10,16H,7,9,11H2,1-4H3,(H,20,25)(H,22,26)/t16-/m1/s1. The number of ether oxygens (including phenoxy) is 1. The lowest BCUT2D eigenvalue weighted by Gasteiger charge is -2.29. The molecule has 0 saturated carbocycles. The Morgan fingerprint density at radius 3 is 2.74 bits per heavy atom. The van der Waals surface area contributed by atoms with Crippen molar-refractivity contribution in [1.29, 1.82) is 0 Å². The normalized spacial score (nSPS) is 15.0. The van der Waals surface area contributed by atoms with Crippen molar-refractivity contribution >= 4 is 11.9 Å². The maximum Gasteiger partial charge on any atom is 0.343 e. The maximum absolute atomic E-state index is 13.0. The van der Waals surface area contributed by atoms with Gasteiger partial charge in [-0.3, -0.25) is 9.78 Å². The summed E-state index contributed by atoms with van der Waals surface area (Å²) in [5, 5.41) is 9.98. The molecule has 2 aromatic heterocycles. The van der Waals surface area contributed by atoms with Gasteiger partial charge in [0.2, 0.25) is 5.91 Å². The van der Waals surface area contributed by atoms with Crippen LogP contribution >= 0.6 is 0 Å². The SMILES string of the molecule is CNC(=O)[C@@H](NC(=O)n1nc(-c2cccnc2)c2c1CCOC2)C(C)(C)C. The summed E-state index contributed by atoms with van der Waals surface area (Å²) in [6.07, 6.45) is 3.98. The fraction of sp³-hybridized carbons (Fsp3) is 0.474. The monoisotopic (exact) mass is 371 g/mol. The molecule has 0 fully saturated rings. The fourth-order valence-electron chi connectivity index (χ4n) is 3.14. The number of aromatic nitrogens is 3. The van der Waals surface area contributed by atoms with E-state index in [-0.39, 0.29) is 5.91 Å². The second kappa shape index (κ2) is 7.48. The zero-order valence-corrected chi connectivity index (χ0v) is 16.1. The van der Waals surface area contributed by atoms with Crippen LogP contribution in [0.15, 0.2) is 24.5 Å². The number of fused-ring (bicyclic) bond motifs is 1. The average Bonchev–Trinajstić information content (AvgIpc) is 3.05. The van der Waals surface area contributed by atoms with E-state index in [2.05, 4.69) is 20.7 Å². The van der Waals surface area contributed by atoms with Gasteiger partial charge in [-0.05, 0) is 17.5 Å². The predicted molar refractivity (Wildman–Crippen MR) is 100 cm³/mol. The quantitative estimate of drug-likeness (QED) is 0.856. The summed E-state index contributed by atoms with van der Waals surface area (Å²) >= 11 is 0. The second-order valence-electron chi connectivity index (χ2n) is 7.59. The minimum absolute atomic E-state index is 0.243. The van der Waals surface area contributed by atoms with E-state index < -0.39 is 17.5 Å². The second-order valence-corrected chi connectivity index (χ2v) is 7.59. The highest BCUT2D eigenvalue weighted by molar-refractivity contribution is 5.88. The smallest absolute Gasteiger partial charge is 0.343 e. The van der Waals surface area contributed by atoms with Gasteiger partial charge >= 0.3 is 6.03 Å². The van der Waals surface area contributed by atoms with Gasteiger partial charge in [0, 0.05) is 37.0 Å². The molecular formula is C19H25N5O3. The number of hydrogen-bond donors (Lipinski definition) is 2. The molecule has 1 aliphatic rings. The molecular weight excluding hydrogens is 346 g/mol. The largest absolute Gasteiger partial charge is 0.376 e. The predicted octanol–water partition coefficient (Wildman–Crippen LogP) is 1.74. The number of likely N-dealkylation sites (N-methyl/N-ethyl adjacent to an activating group) is 1. The van der Waals surface area contributed by atoms with Crippen molar-refractivity contribution in [3.63, 3.8) is 0 Å². The van der Waals surface area contributed by atoms with Gasteiger partial charge in [-0.25, -0.2) is 4.79 Å². The Hall–Kier alpha value is -2.74. The van der Waals surface area contributed by atoms with Crippen LogP contribution in [0.5, 0.6) is 0 Å². The van der Waals surface area contributed by atoms with Gasteiger partial charge in [-0.2, -0.15) is 9.78 Å². The van der Waals surface area contributed by atoms with E-state index in [9.17, 15) is 9.59 Å². The van der Waals surface area contributed by atoms with E-state index in [1.807, 2.05) is 32.9 Å². The van der Waals surface area contributed by atoms with Crippen molar-refractivity contribution in [2.75, 3.05) is 13.7 Å². The van der Waals surface area contributed by atoms with Gasteiger partial charge < -0.3 is 15.4 Å². The van der Waals surface area contributed by atoms with Gasteiger partial charge in [0.05, 0.1) is 18.9 Å². The van der Waals surface area contributed by atoms with Crippen molar-refractivity contribution < 1.29 is 14.3 Å². The molecule has 0 unspecified atom stereocenters. The summed E-state index contributed by atoms with van der Waals surface area (Å²) in [6, 6.07) is 2.61. The molecule has 0 aromatic carbocycles. The molecule has 0 bridgehead atoms. The Morgan fingerprint density at radius 1 is 1.33 bits per heavy atom. The van der Waals surface area contributed by atoms with Gasteiger partial charge in [-0.1, -0.05) is 20.8 Å². The molecule has 0 saturated heterocycles. The van der Waals surface area contributed by atoms with E-state index in [0.29, 0.717) is 25.3 Å². The zero-order chi connectivity index (χ0) is 19.6. The summed E-state index contributed by atoms with van der Waals surface area (Å²) in [5.74, 6) is -0.243. The highest BCUT2D eigenvalue weighted by Gasteiger charge is 2.34. The molecule has 3 heterocycles. The van der Waals surface area contributed by atoms with Crippen LogP contribution in [-0.4, -0.2) is 46.4 Å². The summed E-state index contributed by atoms with van der Waals surface area (Å²) < 4.78 is 6.94. The van der Waals surface area contributed by atoms with E-state index in [4.69, 9.17) is 4.74 Å². The summed E-state index contributed by atoms with van der Waals surface area (Å²) in [6.45, 7) is 6.63. The van der Waals surface area contributed by atoms with Crippen molar-refractivity contribution in [1.82, 2.24) is 25.4 Å². The minimum atomic E-state index is -0.684. The molecule has 144 valence electrons. The van der Waals surface area contributed by atoms with Crippen molar-refractivity contribution in [3.8, 4) is 11.3 Å². The number of hydrogen-bond acceptors (Lipinski definition) is 5. The first kappa shape index (κ1) is 19.0. The third kappa shape index (κ3) is 3.85. The lowest BCUT2D eigenvalue weighted by Crippen LogP contribution is -2.54. The van der Waals surface area contributed by atoms with E-state index in [1.54, 1.807) is 19.4 Å². The Morgan fingerprint density at radius 2 is 2.11 bits per heavy atom. The highest BCUT2D eigenvalue weighted by Crippen LogP contribution is 2.29. The first-order valence-electron chi connectivity index (χ1n) is 8.94. The van der Waals surface area contributed by atoms with Crippen LogP contribution in [0.3, 0.4) is 0 Å². The Labute approximate surface area is 158 Å². The van der Waals surface area contributed by atoms with Crippen LogP contribution in [0.1, 0.15) is 32.0 Å². The van der Waals surface area contributed by atoms with Gasteiger partial charge in [0.15, 0.2) is 0 Å². The number of pyridine rings is 1. The van der Waals surface area contributed by atoms with Crippen LogP contribution in [0, 0.1) is 5.41 Å². The van der Waals surface area contributed by atoms with Gasteiger partial charge in [0.25, 0.3) is 0 Å². The summed E-state index contributed by atoms with van der Waals surface area (Å²) in [5.41, 5.74) is 2.75. The molecule has 1 atom stereocenters. The molecule has 2 amide bonds. The van der Waals surface area contributed by atoms with Gasteiger partial charge in [-0.15, -0.1) is 0 Å². The fourth-order valence-corrected chi connectivity index (χ4v) is 3.14. The maximum atomic E-state index is 13.0. The Balaban J connectivity index is 1.98. The molecule has 27 heavy (non-hydrogen) atoms. The number of carbonyl (C=O) groups excluding carboxylic acids is 2. The first-order chi connectivity index (χ1) is 12.8. The van der Waals surface area contributed by atoms with Crippen LogP contribution < -0.4 is 10.6 Å². The van der Waals surface area contributed by atoms with Crippen LogP contribution in [0.4, 0.5) is 4.79 Å². The first-order valence-corrected chi connectivity index (χ1v) is 8.94. The Bertz CT molecular complexity index is 839. The molecule has 8 heteroatoms. The van der Waals surface area contributed by atoms with Crippen LogP contribution in [-0.2, 0) is 22.6 Å². The molecule has 0 spiro atoms. The lowest BCUT2D eigenvalue weighted by atomic mass is 9.86. The molecule has 8 nitrogen and oxygen atoms in total. The third-order valence-electron chi connectivity index (χ3n) is 4.59. The third-order valence-corrected chi connectivity index (χ3v) is 4.59. The molecule has 0 radical (unpaired) electrons. The van der Waals surface area contributed by atoms with Crippen molar-refractivity contribution in [2.45, 2.75) is 39.8 Å². The average molecular weight is 371 g/mol. The summed E-state index contributed by atoms with van der Waals surface area (Å²) in [4.78, 5) is 29.4. The van der Waals surface area contributed by atoms with Crippen molar-refractivity contribution in [2.24, 2.45) is 5.41 Å². The molecule has 2 aromatic rings. The molecule has 2 N–H and O–H groups in total. The van der Waals surface area contributed by atoms with Gasteiger partial charge in [0.1, 0.15) is 11.7 Å². The molecule has 3 rings (SSSR count). The summed E-state index contributed by atoms with van der Waals surface area (Å²) in [7, 11) is 1.56. The Kier molecular flexibility index (Phi) is 5.27.